The molecule has 1 amide bonds. The molecule has 1 heterocycles. The zero-order valence-corrected chi connectivity index (χ0v) is 13.7. The van der Waals surface area contributed by atoms with Crippen molar-refractivity contribution in [1.29, 1.82) is 0 Å². The zero-order chi connectivity index (χ0) is 16.7. The number of carbonyl (C=O) groups excluding carboxylic acids is 1. The van der Waals surface area contributed by atoms with E-state index in [0.29, 0.717) is 13.0 Å². The van der Waals surface area contributed by atoms with Crippen LogP contribution < -0.4 is 15.8 Å². The van der Waals surface area contributed by atoms with Gasteiger partial charge in [0.05, 0.1) is 0 Å². The first-order chi connectivity index (χ1) is 11.1. The summed E-state index contributed by atoms with van der Waals surface area (Å²) in [6.45, 7) is 2.10. The SMILES string of the molecule is CN=C/C(=C\N)CN(C)CCOc1ccc2c(c1)CCC(=O)N2. The van der Waals surface area contributed by atoms with Gasteiger partial charge in [-0.05, 0) is 49.0 Å². The Balaban J connectivity index is 1.81. The molecule has 0 aliphatic carbocycles. The van der Waals surface area contributed by atoms with Crippen molar-refractivity contribution in [3.8, 4) is 5.75 Å². The van der Waals surface area contributed by atoms with Crippen molar-refractivity contribution in [3.05, 3.63) is 35.5 Å². The van der Waals surface area contributed by atoms with Crippen LogP contribution in [0, 0.1) is 0 Å². The molecule has 2 rings (SSSR count). The Morgan fingerprint density at radius 1 is 1.48 bits per heavy atom. The number of fused-ring (bicyclic) bond motifs is 1. The van der Waals surface area contributed by atoms with Crippen LogP contribution in [0.15, 0.2) is 35.0 Å². The van der Waals surface area contributed by atoms with Crippen LogP contribution in [0.25, 0.3) is 0 Å². The molecule has 0 saturated carbocycles. The number of aliphatic imine (C=N–C) groups is 1. The number of ether oxygens (including phenoxy) is 1. The molecule has 0 aromatic heterocycles. The number of anilines is 1. The summed E-state index contributed by atoms with van der Waals surface area (Å²) in [5, 5.41) is 2.87. The van der Waals surface area contributed by atoms with Gasteiger partial charge in [-0.25, -0.2) is 0 Å². The average molecular weight is 316 g/mol. The van der Waals surface area contributed by atoms with Gasteiger partial charge in [0.15, 0.2) is 0 Å². The third-order valence-electron chi connectivity index (χ3n) is 3.68. The third kappa shape index (κ3) is 5.10. The van der Waals surface area contributed by atoms with Gasteiger partial charge in [0, 0.05) is 38.5 Å². The minimum Gasteiger partial charge on any atom is -0.492 e. The lowest BCUT2D eigenvalue weighted by Crippen LogP contribution is -2.27. The molecule has 0 spiro atoms. The fourth-order valence-corrected chi connectivity index (χ4v) is 2.46. The Bertz CT molecular complexity index is 611. The summed E-state index contributed by atoms with van der Waals surface area (Å²) in [6, 6.07) is 5.79. The Morgan fingerprint density at radius 3 is 3.04 bits per heavy atom. The van der Waals surface area contributed by atoms with Crippen molar-refractivity contribution in [1.82, 2.24) is 4.90 Å². The minimum atomic E-state index is 0.0761. The molecular weight excluding hydrogens is 292 g/mol. The monoisotopic (exact) mass is 316 g/mol. The van der Waals surface area contributed by atoms with E-state index >= 15 is 0 Å². The van der Waals surface area contributed by atoms with Gasteiger partial charge in [0.25, 0.3) is 0 Å². The topological polar surface area (TPSA) is 79.9 Å². The van der Waals surface area contributed by atoms with Gasteiger partial charge in [-0.1, -0.05) is 0 Å². The molecule has 0 unspecified atom stereocenters. The predicted octanol–water partition coefficient (Wildman–Crippen LogP) is 1.43. The number of nitrogens with zero attached hydrogens (tertiary/aromatic N) is 2. The number of amides is 1. The van der Waals surface area contributed by atoms with Crippen molar-refractivity contribution in [2.24, 2.45) is 10.7 Å². The van der Waals surface area contributed by atoms with E-state index in [1.54, 1.807) is 19.5 Å². The van der Waals surface area contributed by atoms with E-state index in [2.05, 4.69) is 15.2 Å². The summed E-state index contributed by atoms with van der Waals surface area (Å²) in [7, 11) is 3.74. The van der Waals surface area contributed by atoms with E-state index in [1.807, 2.05) is 25.2 Å². The minimum absolute atomic E-state index is 0.0761. The highest BCUT2D eigenvalue weighted by Gasteiger charge is 2.15. The van der Waals surface area contributed by atoms with Crippen LogP contribution in [-0.4, -0.2) is 50.8 Å². The lowest BCUT2D eigenvalue weighted by molar-refractivity contribution is -0.116. The standard InChI is InChI=1S/C17H24N4O2/c1-19-11-13(10-18)12-21(2)7-8-23-15-4-5-16-14(9-15)3-6-17(22)20-16/h4-5,9-11H,3,6-8,12,18H2,1-2H3,(H,20,22)/b13-10+,19-11?. The Hall–Kier alpha value is -2.34. The molecule has 3 N–H and O–H groups in total. The first-order valence-electron chi connectivity index (χ1n) is 7.69. The molecule has 6 nitrogen and oxygen atoms in total. The second-order valence-electron chi connectivity index (χ2n) is 5.58. The van der Waals surface area contributed by atoms with Gasteiger partial charge in [0.1, 0.15) is 12.4 Å². The molecule has 0 saturated heterocycles. The Labute approximate surface area is 137 Å². The fourth-order valence-electron chi connectivity index (χ4n) is 2.46. The highest BCUT2D eigenvalue weighted by Crippen LogP contribution is 2.26. The Kier molecular flexibility index (Phi) is 6.17. The van der Waals surface area contributed by atoms with Gasteiger partial charge in [0.2, 0.25) is 5.91 Å². The molecule has 0 radical (unpaired) electrons. The molecule has 1 aliphatic heterocycles. The highest BCUT2D eigenvalue weighted by molar-refractivity contribution is 5.94. The molecule has 1 aliphatic rings. The summed E-state index contributed by atoms with van der Waals surface area (Å²) in [5.41, 5.74) is 8.55. The molecule has 1 aromatic rings. The molecule has 0 atom stereocenters. The average Bonchev–Trinajstić information content (AvgIpc) is 2.54. The van der Waals surface area contributed by atoms with Gasteiger partial charge < -0.3 is 15.8 Å². The van der Waals surface area contributed by atoms with Crippen LogP contribution in [0.3, 0.4) is 0 Å². The third-order valence-corrected chi connectivity index (χ3v) is 3.68. The number of aryl methyl sites for hydroxylation is 1. The lowest BCUT2D eigenvalue weighted by atomic mass is 10.0. The molecule has 6 heteroatoms. The zero-order valence-electron chi connectivity index (χ0n) is 13.7. The fraction of sp³-hybridized carbons (Fsp3) is 0.412. The number of nitrogens with two attached hydrogens (primary N) is 1. The van der Waals surface area contributed by atoms with E-state index in [1.165, 1.54) is 0 Å². The predicted molar refractivity (Wildman–Crippen MR) is 93.1 cm³/mol. The molecule has 1 aromatic carbocycles. The van der Waals surface area contributed by atoms with Crippen LogP contribution in [0.2, 0.25) is 0 Å². The quantitative estimate of drug-likeness (QED) is 0.746. The van der Waals surface area contributed by atoms with Gasteiger partial charge >= 0.3 is 0 Å². The lowest BCUT2D eigenvalue weighted by Gasteiger charge is -2.19. The maximum absolute atomic E-state index is 11.3. The molecule has 124 valence electrons. The Morgan fingerprint density at radius 2 is 2.30 bits per heavy atom. The molecule has 0 fully saturated rings. The van der Waals surface area contributed by atoms with Crippen molar-refractivity contribution >= 4 is 17.8 Å². The van der Waals surface area contributed by atoms with E-state index in [-0.39, 0.29) is 5.91 Å². The van der Waals surface area contributed by atoms with Crippen molar-refractivity contribution < 1.29 is 9.53 Å². The second-order valence-corrected chi connectivity index (χ2v) is 5.58. The van der Waals surface area contributed by atoms with Crippen LogP contribution in [0.4, 0.5) is 5.69 Å². The summed E-state index contributed by atoms with van der Waals surface area (Å²) in [6.07, 6.45) is 4.63. The van der Waals surface area contributed by atoms with Crippen molar-refractivity contribution in [2.75, 3.05) is 39.1 Å². The first kappa shape index (κ1) is 17.0. The number of carbonyl (C=O) groups is 1. The summed E-state index contributed by atoms with van der Waals surface area (Å²) in [4.78, 5) is 17.4. The maximum atomic E-state index is 11.3. The largest absolute Gasteiger partial charge is 0.492 e. The van der Waals surface area contributed by atoms with Crippen LogP contribution in [0.1, 0.15) is 12.0 Å². The number of nitrogens with one attached hydrogen (secondary N) is 1. The number of hydrogen-bond donors (Lipinski definition) is 2. The first-order valence-corrected chi connectivity index (χ1v) is 7.69. The second kappa shape index (κ2) is 8.33. The van der Waals surface area contributed by atoms with Gasteiger partial charge in [-0.3, -0.25) is 14.7 Å². The molecule has 0 bridgehead atoms. The van der Waals surface area contributed by atoms with E-state index < -0.39 is 0 Å². The van der Waals surface area contributed by atoms with Crippen molar-refractivity contribution in [2.45, 2.75) is 12.8 Å². The van der Waals surface area contributed by atoms with Crippen LogP contribution >= 0.6 is 0 Å². The maximum Gasteiger partial charge on any atom is 0.224 e. The normalized spacial score (nSPS) is 14.9. The molecular formula is C17H24N4O2. The van der Waals surface area contributed by atoms with E-state index in [4.69, 9.17) is 10.5 Å². The summed E-state index contributed by atoms with van der Waals surface area (Å²) in [5.74, 6) is 0.908. The van der Waals surface area contributed by atoms with Gasteiger partial charge in [-0.2, -0.15) is 0 Å². The van der Waals surface area contributed by atoms with Gasteiger partial charge in [-0.15, -0.1) is 0 Å². The summed E-state index contributed by atoms with van der Waals surface area (Å²) < 4.78 is 5.81. The smallest absolute Gasteiger partial charge is 0.224 e. The van der Waals surface area contributed by atoms with E-state index in [0.717, 1.165) is 42.1 Å². The number of benzene rings is 1. The number of rotatable bonds is 7. The number of likely N-dealkylation sites (N-methyl/N-ethyl adjacent to an activating group) is 1. The van der Waals surface area contributed by atoms with Crippen LogP contribution in [0.5, 0.6) is 5.75 Å². The number of hydrogen-bond acceptors (Lipinski definition) is 5. The highest BCUT2D eigenvalue weighted by atomic mass is 16.5. The summed E-state index contributed by atoms with van der Waals surface area (Å²) >= 11 is 0. The van der Waals surface area contributed by atoms with Crippen LogP contribution in [-0.2, 0) is 11.2 Å². The van der Waals surface area contributed by atoms with E-state index in [9.17, 15) is 4.79 Å². The van der Waals surface area contributed by atoms with Crippen molar-refractivity contribution in [3.63, 3.8) is 0 Å². The molecule has 23 heavy (non-hydrogen) atoms.